The Morgan fingerprint density at radius 2 is 1.90 bits per heavy atom. The second-order valence-electron chi connectivity index (χ2n) is 9.44. The third-order valence-corrected chi connectivity index (χ3v) is 6.56. The molecule has 0 saturated carbocycles. The van der Waals surface area contributed by atoms with Gasteiger partial charge in [0.25, 0.3) is 0 Å². The fraction of sp³-hybridized carbons (Fsp3) is 0.267. The quantitative estimate of drug-likeness (QED) is 0.184. The van der Waals surface area contributed by atoms with Crippen molar-refractivity contribution in [3.05, 3.63) is 76.2 Å². The number of rotatable bonds is 12. The summed E-state index contributed by atoms with van der Waals surface area (Å²) in [7, 11) is 3.93. The molecule has 0 bridgehead atoms. The summed E-state index contributed by atoms with van der Waals surface area (Å²) in [5, 5.41) is 17.7. The van der Waals surface area contributed by atoms with Gasteiger partial charge in [-0.25, -0.2) is 0 Å². The van der Waals surface area contributed by atoms with E-state index in [2.05, 4.69) is 26.7 Å². The molecular formula is C30H30Cl2N6O3. The molecule has 0 atom stereocenters. The zero-order valence-corrected chi connectivity index (χ0v) is 24.5. The molecule has 4 rings (SSSR count). The molecule has 0 radical (unpaired) electrons. The van der Waals surface area contributed by atoms with Gasteiger partial charge in [-0.1, -0.05) is 23.2 Å². The number of nitrogens with zero attached hydrogens (tertiary/aromatic N) is 4. The van der Waals surface area contributed by atoms with Gasteiger partial charge >= 0.3 is 0 Å². The number of amides is 1. The Balaban J connectivity index is 1.61. The molecule has 11 heteroatoms. The molecule has 212 valence electrons. The summed E-state index contributed by atoms with van der Waals surface area (Å²) in [4.78, 5) is 23.4. The highest BCUT2D eigenvalue weighted by molar-refractivity contribution is 6.32. The van der Waals surface area contributed by atoms with E-state index < -0.39 is 0 Å². The van der Waals surface area contributed by atoms with Crippen LogP contribution in [0.5, 0.6) is 11.5 Å². The highest BCUT2D eigenvalue weighted by Crippen LogP contribution is 2.37. The number of hydrogen-bond donors (Lipinski definition) is 2. The van der Waals surface area contributed by atoms with Crippen LogP contribution in [-0.4, -0.2) is 48.0 Å². The van der Waals surface area contributed by atoms with Gasteiger partial charge in [-0.05, 0) is 70.4 Å². The van der Waals surface area contributed by atoms with Crippen molar-refractivity contribution in [1.82, 2.24) is 14.9 Å². The van der Waals surface area contributed by atoms with Crippen LogP contribution in [0.4, 0.5) is 17.1 Å². The van der Waals surface area contributed by atoms with E-state index in [0.717, 1.165) is 13.0 Å². The van der Waals surface area contributed by atoms with Crippen LogP contribution in [-0.2, 0) is 11.4 Å². The molecule has 0 saturated heterocycles. The summed E-state index contributed by atoms with van der Waals surface area (Å²) < 4.78 is 11.6. The van der Waals surface area contributed by atoms with Crippen LogP contribution in [0.1, 0.15) is 31.0 Å². The average molecular weight is 594 g/mol. The van der Waals surface area contributed by atoms with Crippen molar-refractivity contribution in [3.63, 3.8) is 0 Å². The van der Waals surface area contributed by atoms with Gasteiger partial charge in [0, 0.05) is 41.0 Å². The van der Waals surface area contributed by atoms with E-state index in [1.165, 1.54) is 6.20 Å². The topological polar surface area (TPSA) is 112 Å². The van der Waals surface area contributed by atoms with Gasteiger partial charge in [-0.2, -0.15) is 5.26 Å². The number of aromatic nitrogens is 2. The highest BCUT2D eigenvalue weighted by Gasteiger charge is 2.16. The molecule has 2 heterocycles. The number of nitriles is 1. The van der Waals surface area contributed by atoms with Crippen LogP contribution in [0, 0.1) is 11.3 Å². The molecule has 1 amide bonds. The number of halogens is 2. The molecule has 2 aromatic carbocycles. The van der Waals surface area contributed by atoms with Gasteiger partial charge in [0.2, 0.25) is 5.91 Å². The molecule has 0 fully saturated rings. The fourth-order valence-electron chi connectivity index (χ4n) is 4.10. The summed E-state index contributed by atoms with van der Waals surface area (Å²) in [6.07, 6.45) is 4.20. The summed E-state index contributed by atoms with van der Waals surface area (Å²) >= 11 is 12.6. The Kier molecular flexibility index (Phi) is 10.2. The Hall–Kier alpha value is -4.10. The van der Waals surface area contributed by atoms with E-state index in [-0.39, 0.29) is 12.5 Å². The number of nitrogens with one attached hydrogen (secondary N) is 2. The van der Waals surface area contributed by atoms with Crippen LogP contribution >= 0.6 is 23.2 Å². The largest absolute Gasteiger partial charge is 0.492 e. The van der Waals surface area contributed by atoms with Crippen molar-refractivity contribution in [3.8, 4) is 17.6 Å². The SMILES string of the molecule is CCOc1cc2ncc(C#N)c(Nc3ccc(OCc4cc(Cl)ccn4)c(Cl)c3)c2cc1NC(=O)CCCN(C)C. The van der Waals surface area contributed by atoms with Crippen molar-refractivity contribution >= 4 is 57.1 Å². The Bertz CT molecular complexity index is 1590. The van der Waals surface area contributed by atoms with Crippen molar-refractivity contribution < 1.29 is 14.3 Å². The lowest BCUT2D eigenvalue weighted by Gasteiger charge is -2.17. The Morgan fingerprint density at radius 3 is 2.61 bits per heavy atom. The van der Waals surface area contributed by atoms with Crippen LogP contribution in [0.15, 0.2) is 54.9 Å². The second kappa shape index (κ2) is 14.0. The number of anilines is 3. The summed E-state index contributed by atoms with van der Waals surface area (Å²) in [5.74, 6) is 0.851. The molecule has 0 aliphatic rings. The van der Waals surface area contributed by atoms with Crippen LogP contribution in [0.2, 0.25) is 10.0 Å². The zero-order chi connectivity index (χ0) is 29.4. The minimum atomic E-state index is -0.124. The third kappa shape index (κ3) is 7.98. The summed E-state index contributed by atoms with van der Waals surface area (Å²) in [5.41, 5.74) is 3.26. The normalized spacial score (nSPS) is 10.9. The first kappa shape index (κ1) is 29.9. The number of pyridine rings is 2. The first-order valence-electron chi connectivity index (χ1n) is 13.0. The molecule has 2 aromatic heterocycles. The number of fused-ring (bicyclic) bond motifs is 1. The predicted octanol–water partition coefficient (Wildman–Crippen LogP) is 6.81. The second-order valence-corrected chi connectivity index (χ2v) is 10.3. The lowest BCUT2D eigenvalue weighted by atomic mass is 10.1. The number of ether oxygens (including phenoxy) is 2. The van der Waals surface area contributed by atoms with E-state index in [1.807, 2.05) is 25.9 Å². The fourth-order valence-corrected chi connectivity index (χ4v) is 4.52. The molecule has 0 spiro atoms. The molecule has 41 heavy (non-hydrogen) atoms. The standard InChI is InChI=1S/C30H30Cl2N6O3/c1-4-40-28-15-25-23(14-26(28)37-29(39)6-5-11-38(2)3)30(19(16-33)17-35-25)36-21-7-8-27(24(32)13-21)41-18-22-12-20(31)9-10-34-22/h7-10,12-15,17H,4-6,11,18H2,1-3H3,(H,35,36)(H,37,39). The van der Waals surface area contributed by atoms with E-state index >= 15 is 0 Å². The van der Waals surface area contributed by atoms with E-state index in [0.29, 0.717) is 73.8 Å². The zero-order valence-electron chi connectivity index (χ0n) is 23.0. The molecule has 0 aliphatic heterocycles. The van der Waals surface area contributed by atoms with Gasteiger partial charge in [-0.15, -0.1) is 0 Å². The van der Waals surface area contributed by atoms with Crippen LogP contribution < -0.4 is 20.1 Å². The molecule has 9 nitrogen and oxygen atoms in total. The molecule has 0 aliphatic carbocycles. The van der Waals surface area contributed by atoms with E-state index in [4.69, 9.17) is 32.7 Å². The summed E-state index contributed by atoms with van der Waals surface area (Å²) in [6.45, 7) is 3.29. The average Bonchev–Trinajstić information content (AvgIpc) is 2.93. The smallest absolute Gasteiger partial charge is 0.224 e. The van der Waals surface area contributed by atoms with Crippen molar-refractivity contribution in [2.45, 2.75) is 26.4 Å². The van der Waals surface area contributed by atoms with Gasteiger partial charge in [0.05, 0.1) is 39.8 Å². The Morgan fingerprint density at radius 1 is 1.07 bits per heavy atom. The highest BCUT2D eigenvalue weighted by atomic mass is 35.5. The van der Waals surface area contributed by atoms with Crippen molar-refractivity contribution in [1.29, 1.82) is 5.26 Å². The van der Waals surface area contributed by atoms with E-state index in [1.54, 1.807) is 48.7 Å². The number of benzene rings is 2. The maximum atomic E-state index is 12.7. The Labute approximate surface area is 249 Å². The first-order chi connectivity index (χ1) is 19.8. The van der Waals surface area contributed by atoms with Crippen LogP contribution in [0.25, 0.3) is 10.9 Å². The first-order valence-corrected chi connectivity index (χ1v) is 13.8. The van der Waals surface area contributed by atoms with E-state index in [9.17, 15) is 10.1 Å². The monoisotopic (exact) mass is 592 g/mol. The predicted molar refractivity (Wildman–Crippen MR) is 162 cm³/mol. The molecule has 2 N–H and O–H groups in total. The van der Waals surface area contributed by atoms with Crippen molar-refractivity contribution in [2.24, 2.45) is 0 Å². The minimum Gasteiger partial charge on any atom is -0.492 e. The third-order valence-electron chi connectivity index (χ3n) is 6.03. The number of carbonyl (C=O) groups excluding carboxylic acids is 1. The van der Waals surface area contributed by atoms with Crippen molar-refractivity contribution in [2.75, 3.05) is 37.9 Å². The lowest BCUT2D eigenvalue weighted by molar-refractivity contribution is -0.116. The lowest BCUT2D eigenvalue weighted by Crippen LogP contribution is -2.17. The van der Waals surface area contributed by atoms with Gasteiger partial charge < -0.3 is 25.0 Å². The summed E-state index contributed by atoms with van der Waals surface area (Å²) in [6, 6.07) is 14.4. The molecular weight excluding hydrogens is 563 g/mol. The molecule has 0 unspecified atom stereocenters. The minimum absolute atomic E-state index is 0.124. The van der Waals surface area contributed by atoms with Gasteiger partial charge in [-0.3, -0.25) is 14.8 Å². The number of carbonyl (C=O) groups is 1. The maximum Gasteiger partial charge on any atom is 0.224 e. The van der Waals surface area contributed by atoms with Gasteiger partial charge in [0.1, 0.15) is 24.2 Å². The van der Waals surface area contributed by atoms with Gasteiger partial charge in [0.15, 0.2) is 0 Å². The van der Waals surface area contributed by atoms with Crippen LogP contribution in [0.3, 0.4) is 0 Å². The molecule has 4 aromatic rings. The number of hydrogen-bond acceptors (Lipinski definition) is 8. The maximum absolute atomic E-state index is 12.7.